The smallest absolute Gasteiger partial charge is 0.162 e. The van der Waals surface area contributed by atoms with E-state index in [-0.39, 0.29) is 0 Å². The molecule has 0 N–H and O–H groups in total. The molecule has 0 atom stereocenters. The second-order valence-electron chi connectivity index (χ2n) is 11.4. The van der Waals surface area contributed by atoms with E-state index in [1.807, 2.05) is 12.1 Å². The molecule has 5 rings (SSSR count). The zero-order valence-corrected chi connectivity index (χ0v) is 23.6. The van der Waals surface area contributed by atoms with Gasteiger partial charge in [-0.15, -0.1) is 0 Å². The maximum atomic E-state index is 13.0. The Morgan fingerprint density at radius 2 is 1.55 bits per heavy atom. The lowest BCUT2D eigenvalue weighted by Gasteiger charge is -2.32. The van der Waals surface area contributed by atoms with Crippen molar-refractivity contribution in [2.75, 3.05) is 26.2 Å². The Labute approximate surface area is 233 Å². The summed E-state index contributed by atoms with van der Waals surface area (Å²) in [4.78, 5) is 18.1. The van der Waals surface area contributed by atoms with Gasteiger partial charge in [-0.1, -0.05) is 71.8 Å². The Morgan fingerprint density at radius 3 is 2.32 bits per heavy atom. The van der Waals surface area contributed by atoms with Crippen LogP contribution in [0.25, 0.3) is 0 Å². The largest absolute Gasteiger partial charge is 0.299 e. The van der Waals surface area contributed by atoms with Gasteiger partial charge in [0, 0.05) is 43.2 Å². The molecule has 1 fully saturated rings. The topological polar surface area (TPSA) is 23.6 Å². The van der Waals surface area contributed by atoms with E-state index in [2.05, 4.69) is 71.3 Å². The predicted octanol–water partition coefficient (Wildman–Crippen LogP) is 7.51. The van der Waals surface area contributed by atoms with Crippen molar-refractivity contribution in [1.82, 2.24) is 9.80 Å². The van der Waals surface area contributed by atoms with Crippen LogP contribution in [0, 0.1) is 12.8 Å². The van der Waals surface area contributed by atoms with Gasteiger partial charge in [0.2, 0.25) is 0 Å². The molecule has 0 aromatic heterocycles. The van der Waals surface area contributed by atoms with Gasteiger partial charge >= 0.3 is 0 Å². The average molecular weight is 529 g/mol. The van der Waals surface area contributed by atoms with Crippen LogP contribution < -0.4 is 0 Å². The zero-order valence-electron chi connectivity index (χ0n) is 22.8. The lowest BCUT2D eigenvalue weighted by molar-refractivity contribution is 0.0974. The first-order valence-electron chi connectivity index (χ1n) is 14.4. The normalized spacial score (nSPS) is 17.2. The van der Waals surface area contributed by atoms with Crippen molar-refractivity contribution >= 4 is 17.4 Å². The highest BCUT2D eigenvalue weighted by Gasteiger charge is 2.20. The summed E-state index contributed by atoms with van der Waals surface area (Å²) in [5.74, 6) is 1.06. The molecule has 2 aliphatic rings. The molecular formula is C34H41ClN2O. The van der Waals surface area contributed by atoms with Crippen molar-refractivity contribution in [2.24, 2.45) is 5.92 Å². The van der Waals surface area contributed by atoms with Gasteiger partial charge in [-0.25, -0.2) is 0 Å². The van der Waals surface area contributed by atoms with Gasteiger partial charge in [-0.2, -0.15) is 0 Å². The monoisotopic (exact) mass is 528 g/mol. The van der Waals surface area contributed by atoms with Crippen LogP contribution in [0.15, 0.2) is 66.7 Å². The Kier molecular flexibility index (Phi) is 9.32. The number of aryl methyl sites for hydroxylation is 1. The summed E-state index contributed by atoms with van der Waals surface area (Å²) in [5.41, 5.74) is 7.56. The van der Waals surface area contributed by atoms with Gasteiger partial charge in [-0.3, -0.25) is 14.6 Å². The number of halogens is 1. The van der Waals surface area contributed by atoms with Gasteiger partial charge in [0.1, 0.15) is 0 Å². The molecule has 4 heteroatoms. The van der Waals surface area contributed by atoms with Crippen LogP contribution in [0.4, 0.5) is 0 Å². The first-order chi connectivity index (χ1) is 18.5. The minimum absolute atomic E-state index is 0.307. The van der Waals surface area contributed by atoms with E-state index in [1.165, 1.54) is 60.2 Å². The minimum Gasteiger partial charge on any atom is -0.299 e. The third kappa shape index (κ3) is 7.34. The van der Waals surface area contributed by atoms with Crippen LogP contribution >= 0.6 is 11.6 Å². The number of nitrogens with zero attached hydrogens (tertiary/aromatic N) is 2. The molecule has 0 unspecified atom stereocenters. The molecule has 0 bridgehead atoms. The number of carbonyl (C=O) groups is 1. The Bertz CT molecular complexity index is 1210. The lowest BCUT2D eigenvalue weighted by Crippen LogP contribution is -2.33. The molecule has 3 nitrogen and oxygen atoms in total. The molecule has 0 aliphatic carbocycles. The Hall–Kier alpha value is -2.46. The quantitative estimate of drug-likeness (QED) is 0.268. The summed E-state index contributed by atoms with van der Waals surface area (Å²) in [6.45, 7) is 8.44. The second-order valence-corrected chi connectivity index (χ2v) is 11.8. The van der Waals surface area contributed by atoms with Gasteiger partial charge < -0.3 is 0 Å². The molecule has 3 aromatic carbocycles. The number of hydrogen-bond acceptors (Lipinski definition) is 3. The number of benzene rings is 3. The lowest BCUT2D eigenvalue weighted by atomic mass is 9.90. The molecule has 1 saturated heterocycles. The number of rotatable bonds is 9. The molecule has 3 aromatic rings. The van der Waals surface area contributed by atoms with Crippen molar-refractivity contribution in [3.63, 3.8) is 0 Å². The molecule has 0 radical (unpaired) electrons. The van der Waals surface area contributed by atoms with E-state index in [0.717, 1.165) is 61.9 Å². The fourth-order valence-electron chi connectivity index (χ4n) is 6.05. The fraction of sp³-hybridized carbons (Fsp3) is 0.441. The van der Waals surface area contributed by atoms with E-state index in [0.29, 0.717) is 12.2 Å². The van der Waals surface area contributed by atoms with Gasteiger partial charge in [0.15, 0.2) is 5.78 Å². The van der Waals surface area contributed by atoms with E-state index >= 15 is 0 Å². The number of ketones is 1. The first kappa shape index (κ1) is 27.1. The summed E-state index contributed by atoms with van der Waals surface area (Å²) in [6.07, 6.45) is 7.36. The molecule has 2 aliphatic heterocycles. The third-order valence-electron chi connectivity index (χ3n) is 8.52. The Balaban J connectivity index is 1.05. The molecule has 38 heavy (non-hydrogen) atoms. The maximum Gasteiger partial charge on any atom is 0.162 e. The molecule has 0 amide bonds. The highest BCUT2D eigenvalue weighted by Crippen LogP contribution is 2.26. The summed E-state index contributed by atoms with van der Waals surface area (Å²) >= 11 is 6.39. The Morgan fingerprint density at radius 1 is 0.842 bits per heavy atom. The third-order valence-corrected chi connectivity index (χ3v) is 8.89. The van der Waals surface area contributed by atoms with Gasteiger partial charge in [0.25, 0.3) is 0 Å². The molecule has 200 valence electrons. The standard InChI is InChI=1S/C34H41ClN2O/c1-26-9-11-28(12-10-26)24-36-19-15-27(16-20-36)5-4-8-34(38)31-14-13-29-17-21-37(22-18-30(29)23-31)25-32-6-2-3-7-33(32)35/h2-3,6-7,9-14,23,27H,4-5,8,15-22,24-25H2,1H3. The van der Waals surface area contributed by atoms with Crippen LogP contribution in [-0.4, -0.2) is 41.8 Å². The van der Waals surface area contributed by atoms with E-state index < -0.39 is 0 Å². The fourth-order valence-corrected chi connectivity index (χ4v) is 6.25. The zero-order chi connectivity index (χ0) is 26.3. The number of piperidine rings is 1. The van der Waals surface area contributed by atoms with Crippen LogP contribution in [0.2, 0.25) is 5.02 Å². The minimum atomic E-state index is 0.307. The number of likely N-dealkylation sites (tertiary alicyclic amines) is 1. The summed E-state index contributed by atoms with van der Waals surface area (Å²) in [5, 5.41) is 0.843. The van der Waals surface area contributed by atoms with Crippen LogP contribution in [0.1, 0.15) is 70.3 Å². The van der Waals surface area contributed by atoms with Crippen molar-refractivity contribution in [3.05, 3.63) is 105 Å². The van der Waals surface area contributed by atoms with Gasteiger partial charge in [-0.05, 0) is 98.8 Å². The summed E-state index contributed by atoms with van der Waals surface area (Å²) in [6, 6.07) is 23.5. The maximum absolute atomic E-state index is 13.0. The summed E-state index contributed by atoms with van der Waals surface area (Å²) in [7, 11) is 0. The highest BCUT2D eigenvalue weighted by atomic mass is 35.5. The second kappa shape index (κ2) is 13.1. The van der Waals surface area contributed by atoms with E-state index in [4.69, 9.17) is 11.6 Å². The molecule has 2 heterocycles. The van der Waals surface area contributed by atoms with Crippen molar-refractivity contribution < 1.29 is 4.79 Å². The van der Waals surface area contributed by atoms with Gasteiger partial charge in [0.05, 0.1) is 0 Å². The van der Waals surface area contributed by atoms with E-state index in [1.54, 1.807) is 0 Å². The summed E-state index contributed by atoms with van der Waals surface area (Å²) < 4.78 is 0. The number of hydrogen-bond donors (Lipinski definition) is 0. The number of Topliss-reactive ketones (excluding diaryl/α,β-unsaturated/α-hetero) is 1. The van der Waals surface area contributed by atoms with Crippen LogP contribution in [0.5, 0.6) is 0 Å². The van der Waals surface area contributed by atoms with Crippen LogP contribution in [0.3, 0.4) is 0 Å². The number of fused-ring (bicyclic) bond motifs is 1. The number of carbonyl (C=O) groups excluding carboxylic acids is 1. The first-order valence-corrected chi connectivity index (χ1v) is 14.8. The average Bonchev–Trinajstić information content (AvgIpc) is 3.14. The SMILES string of the molecule is Cc1ccc(CN2CCC(CCCC(=O)c3ccc4c(c3)CCN(Cc3ccccc3Cl)CC4)CC2)cc1. The van der Waals surface area contributed by atoms with Crippen molar-refractivity contribution in [3.8, 4) is 0 Å². The molecular weight excluding hydrogens is 488 g/mol. The molecule has 0 saturated carbocycles. The van der Waals surface area contributed by atoms with E-state index in [9.17, 15) is 4.79 Å². The predicted molar refractivity (Wildman–Crippen MR) is 158 cm³/mol. The van der Waals surface area contributed by atoms with Crippen molar-refractivity contribution in [2.45, 2.75) is 65.0 Å². The van der Waals surface area contributed by atoms with Crippen LogP contribution in [-0.2, 0) is 25.9 Å². The van der Waals surface area contributed by atoms with Crippen molar-refractivity contribution in [1.29, 1.82) is 0 Å². The highest BCUT2D eigenvalue weighted by molar-refractivity contribution is 6.31. The molecule has 0 spiro atoms.